The monoisotopic (exact) mass is 507 g/mol. The summed E-state index contributed by atoms with van der Waals surface area (Å²) in [5, 5.41) is 11.6. The summed E-state index contributed by atoms with van der Waals surface area (Å²) < 4.78 is 57.5. The first-order valence-electron chi connectivity index (χ1n) is 11.3. The maximum atomic E-state index is 13.3. The molecule has 13 heteroatoms. The molecule has 3 aromatic rings. The number of oxazole rings is 1. The number of aryl methyl sites for hydroxylation is 1. The molecule has 0 spiro atoms. The quantitative estimate of drug-likeness (QED) is 0.358. The Morgan fingerprint density at radius 1 is 1.25 bits per heavy atom. The van der Waals surface area contributed by atoms with Gasteiger partial charge < -0.3 is 9.32 Å². The van der Waals surface area contributed by atoms with Crippen LogP contribution in [0.4, 0.5) is 17.6 Å². The van der Waals surface area contributed by atoms with E-state index in [2.05, 4.69) is 25.3 Å². The minimum absolute atomic E-state index is 0.0279. The molecule has 1 unspecified atom stereocenters. The number of amides is 1. The fourth-order valence-corrected chi connectivity index (χ4v) is 4.10. The molecule has 0 aliphatic carbocycles. The van der Waals surface area contributed by atoms with Crippen LogP contribution in [0.3, 0.4) is 0 Å². The molecule has 1 aromatic carbocycles. The summed E-state index contributed by atoms with van der Waals surface area (Å²) in [4.78, 5) is 22.0. The number of piperazine rings is 1. The molecule has 1 fully saturated rings. The van der Waals surface area contributed by atoms with Crippen molar-refractivity contribution in [1.82, 2.24) is 35.0 Å². The van der Waals surface area contributed by atoms with Crippen LogP contribution in [0, 0.1) is 6.92 Å². The molecule has 0 saturated carbocycles. The van der Waals surface area contributed by atoms with Gasteiger partial charge in [-0.25, -0.2) is 9.37 Å². The molecule has 1 aliphatic heterocycles. The fourth-order valence-electron chi connectivity index (χ4n) is 4.10. The zero-order valence-electron chi connectivity index (χ0n) is 19.7. The zero-order chi connectivity index (χ0) is 25.9. The average Bonchev–Trinajstić information content (AvgIpc) is 3.45. The molecular formula is C23H25F4N7O2. The number of carbonyl (C=O) groups is 1. The second kappa shape index (κ2) is 10.6. The van der Waals surface area contributed by atoms with Crippen molar-refractivity contribution >= 4 is 12.0 Å². The largest absolute Gasteiger partial charge is 0.446 e. The summed E-state index contributed by atoms with van der Waals surface area (Å²) >= 11 is 0. The maximum Gasteiger partial charge on any atom is 0.416 e. The van der Waals surface area contributed by atoms with Gasteiger partial charge in [-0.15, -0.1) is 10.2 Å². The maximum absolute atomic E-state index is 13.3. The Labute approximate surface area is 204 Å². The van der Waals surface area contributed by atoms with Crippen LogP contribution in [0.5, 0.6) is 0 Å². The van der Waals surface area contributed by atoms with Gasteiger partial charge >= 0.3 is 6.18 Å². The normalized spacial score (nSPS) is 17.3. The van der Waals surface area contributed by atoms with Crippen molar-refractivity contribution in [1.29, 1.82) is 0 Å². The summed E-state index contributed by atoms with van der Waals surface area (Å²) in [7, 11) is 0. The van der Waals surface area contributed by atoms with Crippen LogP contribution in [0.15, 0.2) is 35.0 Å². The summed E-state index contributed by atoms with van der Waals surface area (Å²) in [6.07, 6.45) is -0.206. The van der Waals surface area contributed by atoms with Gasteiger partial charge in [-0.05, 0) is 48.4 Å². The van der Waals surface area contributed by atoms with Gasteiger partial charge in [0.1, 0.15) is 6.26 Å². The topological polar surface area (TPSA) is 93.2 Å². The smallest absolute Gasteiger partial charge is 0.416 e. The number of hydrogen-bond donors (Lipinski definition) is 0. The lowest BCUT2D eigenvalue weighted by atomic mass is 10.0. The summed E-state index contributed by atoms with van der Waals surface area (Å²) in [5.41, 5.74) is 0.589. The van der Waals surface area contributed by atoms with Crippen LogP contribution >= 0.6 is 0 Å². The Hall–Kier alpha value is -3.61. The molecule has 2 aromatic heterocycles. The Balaban J connectivity index is 1.44. The highest BCUT2D eigenvalue weighted by Crippen LogP contribution is 2.31. The van der Waals surface area contributed by atoms with E-state index in [9.17, 15) is 22.4 Å². The molecule has 192 valence electrons. The molecule has 1 aliphatic rings. The molecule has 4 rings (SSSR count). The number of rotatable bonds is 7. The Kier molecular flexibility index (Phi) is 7.48. The van der Waals surface area contributed by atoms with Gasteiger partial charge in [0.15, 0.2) is 12.5 Å². The molecule has 9 nitrogen and oxygen atoms in total. The second-order valence-electron chi connectivity index (χ2n) is 8.59. The van der Waals surface area contributed by atoms with E-state index in [1.54, 1.807) is 11.8 Å². The van der Waals surface area contributed by atoms with E-state index in [1.165, 1.54) is 29.3 Å². The van der Waals surface area contributed by atoms with Gasteiger partial charge in [-0.3, -0.25) is 9.69 Å². The number of halogens is 4. The lowest BCUT2D eigenvalue weighted by Gasteiger charge is -2.39. The molecule has 0 N–H and O–H groups in total. The van der Waals surface area contributed by atoms with Crippen LogP contribution in [0.25, 0.3) is 6.08 Å². The van der Waals surface area contributed by atoms with Crippen molar-refractivity contribution in [2.45, 2.75) is 45.8 Å². The van der Waals surface area contributed by atoms with Crippen LogP contribution in [-0.2, 0) is 30.7 Å². The van der Waals surface area contributed by atoms with E-state index in [0.29, 0.717) is 48.8 Å². The van der Waals surface area contributed by atoms with Gasteiger partial charge in [0, 0.05) is 38.3 Å². The third-order valence-corrected chi connectivity index (χ3v) is 5.83. The number of benzene rings is 1. The minimum atomic E-state index is -4.51. The van der Waals surface area contributed by atoms with Crippen molar-refractivity contribution in [3.63, 3.8) is 0 Å². The molecule has 0 bridgehead atoms. The molecular weight excluding hydrogens is 482 g/mol. The van der Waals surface area contributed by atoms with E-state index < -0.39 is 18.4 Å². The highest BCUT2D eigenvalue weighted by molar-refractivity contribution is 5.92. The lowest BCUT2D eigenvalue weighted by Crippen LogP contribution is -2.53. The van der Waals surface area contributed by atoms with Crippen LogP contribution in [0.1, 0.15) is 41.0 Å². The number of alkyl halides is 4. The standard InChI is InChI=1S/C23H25F4N7O2/c1-15-11-32(13-20-14-36-21(10-24)28-20)7-8-33(15)22(35)6-4-17-3-5-19(23(25,26)27)9-18(17)12-34-30-16(2)29-31-34/h3-6,9,14-15H,7-8,10-13H2,1-2H3/b6-4+. The van der Waals surface area contributed by atoms with E-state index >= 15 is 0 Å². The fraction of sp³-hybridized carbons (Fsp3) is 0.435. The van der Waals surface area contributed by atoms with Gasteiger partial charge in [-0.2, -0.15) is 18.0 Å². The third-order valence-electron chi connectivity index (χ3n) is 5.83. The second-order valence-corrected chi connectivity index (χ2v) is 8.59. The number of hydrogen-bond acceptors (Lipinski definition) is 7. The minimum Gasteiger partial charge on any atom is -0.446 e. The molecule has 1 amide bonds. The molecule has 36 heavy (non-hydrogen) atoms. The zero-order valence-corrected chi connectivity index (χ0v) is 19.7. The van der Waals surface area contributed by atoms with Crippen molar-refractivity contribution < 1.29 is 26.8 Å². The van der Waals surface area contributed by atoms with Crippen molar-refractivity contribution in [2.24, 2.45) is 0 Å². The summed E-state index contributed by atoms with van der Waals surface area (Å²) in [6.45, 7) is 4.86. The SMILES string of the molecule is Cc1nnn(Cc2cc(C(F)(F)F)ccc2/C=C/C(=O)N2CCN(Cc3coc(CF)n3)CC2C)n1. The van der Waals surface area contributed by atoms with Gasteiger partial charge in [0.2, 0.25) is 11.8 Å². The number of nitrogens with zero attached hydrogens (tertiary/aromatic N) is 7. The van der Waals surface area contributed by atoms with E-state index in [4.69, 9.17) is 4.42 Å². The van der Waals surface area contributed by atoms with E-state index in [1.807, 2.05) is 6.92 Å². The number of tetrazole rings is 1. The first kappa shape index (κ1) is 25.5. The predicted molar refractivity (Wildman–Crippen MR) is 120 cm³/mol. The highest BCUT2D eigenvalue weighted by Gasteiger charge is 2.31. The Morgan fingerprint density at radius 2 is 2.06 bits per heavy atom. The average molecular weight is 507 g/mol. The molecule has 0 radical (unpaired) electrons. The first-order chi connectivity index (χ1) is 17.1. The molecule has 3 heterocycles. The Bertz CT molecular complexity index is 1240. The lowest BCUT2D eigenvalue weighted by molar-refractivity contribution is -0.137. The van der Waals surface area contributed by atoms with E-state index in [0.717, 1.165) is 12.1 Å². The summed E-state index contributed by atoms with van der Waals surface area (Å²) in [5.74, 6) is 0.187. The van der Waals surface area contributed by atoms with Crippen molar-refractivity contribution in [2.75, 3.05) is 19.6 Å². The molecule has 1 atom stereocenters. The van der Waals surface area contributed by atoms with Crippen molar-refractivity contribution in [3.05, 3.63) is 64.6 Å². The van der Waals surface area contributed by atoms with E-state index in [-0.39, 0.29) is 24.4 Å². The van der Waals surface area contributed by atoms with Crippen LogP contribution in [0.2, 0.25) is 0 Å². The number of aromatic nitrogens is 5. The van der Waals surface area contributed by atoms with Gasteiger partial charge in [0.05, 0.1) is 17.8 Å². The van der Waals surface area contributed by atoms with Gasteiger partial charge in [-0.1, -0.05) is 6.07 Å². The van der Waals surface area contributed by atoms with Crippen LogP contribution < -0.4 is 0 Å². The predicted octanol–water partition coefficient (Wildman–Crippen LogP) is 3.25. The highest BCUT2D eigenvalue weighted by atomic mass is 19.4. The summed E-state index contributed by atoms with van der Waals surface area (Å²) in [6, 6.07) is 3.23. The third kappa shape index (κ3) is 6.14. The number of carbonyl (C=O) groups excluding carboxylic acids is 1. The molecule has 1 saturated heterocycles. The van der Waals surface area contributed by atoms with Crippen molar-refractivity contribution in [3.8, 4) is 0 Å². The first-order valence-corrected chi connectivity index (χ1v) is 11.3. The Morgan fingerprint density at radius 3 is 2.69 bits per heavy atom. The van der Waals surface area contributed by atoms with Crippen LogP contribution in [-0.4, -0.2) is 66.6 Å². The van der Waals surface area contributed by atoms with Gasteiger partial charge in [0.25, 0.3) is 0 Å².